The average molecular weight is 119 g/mol. The van der Waals surface area contributed by atoms with E-state index in [1.54, 1.807) is 12.3 Å². The number of fused-ring (bicyclic) bond motifs is 1. The van der Waals surface area contributed by atoms with Crippen molar-refractivity contribution in [3.05, 3.63) is 24.5 Å². The third-order valence-corrected chi connectivity index (χ3v) is 1.05. The summed E-state index contributed by atoms with van der Waals surface area (Å²) in [5.41, 5.74) is 0.907. The first-order chi connectivity index (χ1) is 4.47. The zero-order valence-electron chi connectivity index (χ0n) is 4.52. The number of aromatic nitrogens is 4. The van der Waals surface area contributed by atoms with Gasteiger partial charge in [0.25, 0.3) is 0 Å². The van der Waals surface area contributed by atoms with Crippen LogP contribution in [0.15, 0.2) is 18.3 Å². The summed E-state index contributed by atoms with van der Waals surface area (Å²) in [5.74, 6) is 0. The van der Waals surface area contributed by atoms with Gasteiger partial charge in [-0.2, -0.15) is 5.10 Å². The normalized spacial score (nSPS) is 10.2. The molecule has 0 aliphatic carbocycles. The average Bonchev–Trinajstić information content (AvgIpc) is 2.33. The van der Waals surface area contributed by atoms with Crippen LogP contribution in [0.5, 0.6) is 0 Å². The highest BCUT2D eigenvalue weighted by atomic mass is 15.5. The van der Waals surface area contributed by atoms with E-state index in [2.05, 4.69) is 21.6 Å². The lowest BCUT2D eigenvalue weighted by molar-refractivity contribution is 0.716. The Labute approximate surface area is 51.1 Å². The molecular formula is C5H3N4. The third-order valence-electron chi connectivity index (χ3n) is 1.05. The SMILES string of the molecule is [c]1cc2ccnn2nn1. The minimum absolute atomic E-state index is 0.907. The van der Waals surface area contributed by atoms with Gasteiger partial charge in [-0.25, -0.2) is 0 Å². The fourth-order valence-electron chi connectivity index (χ4n) is 0.650. The highest BCUT2D eigenvalue weighted by molar-refractivity contribution is 5.41. The predicted molar refractivity (Wildman–Crippen MR) is 29.6 cm³/mol. The van der Waals surface area contributed by atoms with Crippen LogP contribution in [-0.4, -0.2) is 20.0 Å². The summed E-state index contributed by atoms with van der Waals surface area (Å²) in [5, 5.41) is 11.0. The molecule has 0 amide bonds. The lowest BCUT2D eigenvalue weighted by atomic mass is 10.5. The van der Waals surface area contributed by atoms with E-state index >= 15 is 0 Å². The van der Waals surface area contributed by atoms with Crippen molar-refractivity contribution in [2.75, 3.05) is 0 Å². The quantitative estimate of drug-likeness (QED) is 0.487. The van der Waals surface area contributed by atoms with Gasteiger partial charge >= 0.3 is 0 Å². The highest BCUT2D eigenvalue weighted by Gasteiger charge is 1.88. The Morgan fingerprint density at radius 3 is 3.44 bits per heavy atom. The zero-order valence-corrected chi connectivity index (χ0v) is 4.52. The predicted octanol–water partition coefficient (Wildman–Crippen LogP) is -0.0755. The van der Waals surface area contributed by atoms with Gasteiger partial charge in [0.05, 0.1) is 11.7 Å². The molecule has 0 aliphatic heterocycles. The number of hydrogen-bond acceptors (Lipinski definition) is 3. The molecule has 0 saturated carbocycles. The maximum absolute atomic E-state index is 3.84. The maximum Gasteiger partial charge on any atom is 0.117 e. The molecule has 0 aliphatic rings. The van der Waals surface area contributed by atoms with Gasteiger partial charge in [0.15, 0.2) is 0 Å². The van der Waals surface area contributed by atoms with E-state index < -0.39 is 0 Å². The fraction of sp³-hybridized carbons (Fsp3) is 0. The summed E-state index contributed by atoms with van der Waals surface area (Å²) < 4.78 is 1.44. The van der Waals surface area contributed by atoms with E-state index in [0.717, 1.165) is 5.52 Å². The van der Waals surface area contributed by atoms with Crippen LogP contribution in [0.2, 0.25) is 0 Å². The molecule has 2 rings (SSSR count). The van der Waals surface area contributed by atoms with Crippen molar-refractivity contribution in [3.8, 4) is 0 Å². The van der Waals surface area contributed by atoms with Crippen molar-refractivity contribution < 1.29 is 0 Å². The maximum atomic E-state index is 3.84. The van der Waals surface area contributed by atoms with Crippen LogP contribution in [-0.2, 0) is 0 Å². The molecule has 43 valence electrons. The molecule has 2 aromatic rings. The molecule has 0 spiro atoms. The van der Waals surface area contributed by atoms with Crippen LogP contribution < -0.4 is 0 Å². The smallest absolute Gasteiger partial charge is 0.117 e. The van der Waals surface area contributed by atoms with Crippen LogP contribution in [0, 0.1) is 6.20 Å². The summed E-state index contributed by atoms with van der Waals surface area (Å²) >= 11 is 0. The van der Waals surface area contributed by atoms with Gasteiger partial charge in [-0.1, -0.05) is 0 Å². The minimum Gasteiger partial charge on any atom is -0.157 e. The molecule has 2 heterocycles. The van der Waals surface area contributed by atoms with Crippen molar-refractivity contribution in [3.63, 3.8) is 0 Å². The first-order valence-corrected chi connectivity index (χ1v) is 2.50. The van der Waals surface area contributed by atoms with E-state index in [1.165, 1.54) is 4.63 Å². The number of rotatable bonds is 0. The fourth-order valence-corrected chi connectivity index (χ4v) is 0.650. The first-order valence-electron chi connectivity index (χ1n) is 2.50. The Morgan fingerprint density at radius 2 is 2.56 bits per heavy atom. The minimum atomic E-state index is 0.907. The van der Waals surface area contributed by atoms with Crippen LogP contribution in [0.3, 0.4) is 0 Å². The van der Waals surface area contributed by atoms with Crippen molar-refractivity contribution in [1.82, 2.24) is 20.0 Å². The van der Waals surface area contributed by atoms with Crippen molar-refractivity contribution in [2.45, 2.75) is 0 Å². The highest BCUT2D eigenvalue weighted by Crippen LogP contribution is 1.93. The Kier molecular flexibility index (Phi) is 0.745. The summed E-state index contributed by atoms with van der Waals surface area (Å²) in [7, 11) is 0. The molecule has 9 heavy (non-hydrogen) atoms. The van der Waals surface area contributed by atoms with Gasteiger partial charge in [0.2, 0.25) is 0 Å². The van der Waals surface area contributed by atoms with Gasteiger partial charge in [-0.15, -0.1) is 9.73 Å². The molecule has 0 saturated heterocycles. The Morgan fingerprint density at radius 1 is 1.56 bits per heavy atom. The third kappa shape index (κ3) is 0.561. The molecule has 0 aromatic carbocycles. The Balaban J connectivity index is 2.95. The van der Waals surface area contributed by atoms with Gasteiger partial charge in [0.1, 0.15) is 6.20 Å². The van der Waals surface area contributed by atoms with E-state index in [4.69, 9.17) is 0 Å². The Hall–Kier alpha value is -1.45. The van der Waals surface area contributed by atoms with E-state index in [0.29, 0.717) is 0 Å². The van der Waals surface area contributed by atoms with Crippen molar-refractivity contribution in [1.29, 1.82) is 0 Å². The molecule has 0 N–H and O–H groups in total. The topological polar surface area (TPSA) is 43.1 Å². The standard InChI is InChI=1S/C5H3N4/c1-3-6-8-9-5(1)2-4-7-9/h1-2,4H. The van der Waals surface area contributed by atoms with Crippen LogP contribution >= 0.6 is 0 Å². The Bertz CT molecular complexity index is 283. The van der Waals surface area contributed by atoms with Crippen LogP contribution in [0.1, 0.15) is 0 Å². The largest absolute Gasteiger partial charge is 0.157 e. The second kappa shape index (κ2) is 1.51. The second-order valence-corrected chi connectivity index (χ2v) is 1.61. The lowest BCUT2D eigenvalue weighted by Crippen LogP contribution is -1.93. The van der Waals surface area contributed by atoms with Gasteiger partial charge in [0, 0.05) is 0 Å². The van der Waals surface area contributed by atoms with Gasteiger partial charge < -0.3 is 0 Å². The summed E-state index contributed by atoms with van der Waals surface area (Å²) in [6, 6.07) is 3.56. The molecule has 0 bridgehead atoms. The zero-order chi connectivity index (χ0) is 6.10. The van der Waals surface area contributed by atoms with E-state index in [9.17, 15) is 0 Å². The molecule has 4 heteroatoms. The summed E-state index contributed by atoms with van der Waals surface area (Å²) in [4.78, 5) is 0. The number of hydrogen-bond donors (Lipinski definition) is 0. The molecule has 4 nitrogen and oxygen atoms in total. The van der Waals surface area contributed by atoms with E-state index in [-0.39, 0.29) is 0 Å². The number of nitrogens with zero attached hydrogens (tertiary/aromatic N) is 4. The monoisotopic (exact) mass is 119 g/mol. The van der Waals surface area contributed by atoms with Crippen molar-refractivity contribution in [2.24, 2.45) is 0 Å². The molecule has 1 radical (unpaired) electrons. The van der Waals surface area contributed by atoms with Crippen molar-refractivity contribution >= 4 is 5.52 Å². The molecule has 0 fully saturated rings. The first kappa shape index (κ1) is 4.43. The summed E-state index contributed by atoms with van der Waals surface area (Å²) in [6.45, 7) is 0. The second-order valence-electron chi connectivity index (χ2n) is 1.61. The van der Waals surface area contributed by atoms with Gasteiger partial charge in [-0.05, 0) is 17.3 Å². The summed E-state index contributed by atoms with van der Waals surface area (Å²) in [6.07, 6.45) is 4.26. The molecular weight excluding hydrogens is 116 g/mol. The van der Waals surface area contributed by atoms with Crippen LogP contribution in [0.4, 0.5) is 0 Å². The lowest BCUT2D eigenvalue weighted by Gasteiger charge is -1.82. The van der Waals surface area contributed by atoms with E-state index in [1.807, 2.05) is 6.07 Å². The van der Waals surface area contributed by atoms with Crippen LogP contribution in [0.25, 0.3) is 5.52 Å². The van der Waals surface area contributed by atoms with Gasteiger partial charge in [-0.3, -0.25) is 0 Å². The molecule has 0 atom stereocenters. The molecule has 0 unspecified atom stereocenters. The molecule has 2 aromatic heterocycles.